The molecule has 0 aromatic heterocycles. The lowest BCUT2D eigenvalue weighted by Gasteiger charge is -2.13. The van der Waals surface area contributed by atoms with Crippen LogP contribution in [0.5, 0.6) is 0 Å². The number of rotatable bonds is 2. The van der Waals surface area contributed by atoms with Crippen molar-refractivity contribution >= 4 is 11.7 Å². The molecule has 0 bridgehead atoms. The van der Waals surface area contributed by atoms with Gasteiger partial charge in [0.2, 0.25) is 0 Å². The molecule has 4 nitrogen and oxygen atoms in total. The minimum absolute atomic E-state index is 0.191. The van der Waals surface area contributed by atoms with Crippen molar-refractivity contribution in [3.05, 3.63) is 29.8 Å². The first kappa shape index (κ1) is 12.4. The Kier molecular flexibility index (Phi) is 3.83. The Labute approximate surface area is 107 Å². The lowest BCUT2D eigenvalue weighted by molar-refractivity contribution is 0.248. The Morgan fingerprint density at radius 2 is 2.28 bits per heavy atom. The number of benzene rings is 1. The second-order valence-electron chi connectivity index (χ2n) is 4.91. The molecule has 2 atom stereocenters. The van der Waals surface area contributed by atoms with Gasteiger partial charge < -0.3 is 10.6 Å². The number of nitriles is 1. The third kappa shape index (κ3) is 3.24. The van der Waals surface area contributed by atoms with Gasteiger partial charge in [0, 0.05) is 11.7 Å². The fourth-order valence-corrected chi connectivity index (χ4v) is 2.36. The highest BCUT2D eigenvalue weighted by Crippen LogP contribution is 2.24. The predicted octanol–water partition coefficient (Wildman–Crippen LogP) is 2.87. The summed E-state index contributed by atoms with van der Waals surface area (Å²) in [6.07, 6.45) is 3.27. The molecule has 1 aliphatic carbocycles. The van der Waals surface area contributed by atoms with Gasteiger partial charge in [-0.3, -0.25) is 0 Å². The highest BCUT2D eigenvalue weighted by Gasteiger charge is 2.22. The molecule has 4 heteroatoms. The Bertz CT molecular complexity index is 478. The van der Waals surface area contributed by atoms with Crippen LogP contribution in [0.25, 0.3) is 0 Å². The molecule has 1 saturated carbocycles. The molecule has 1 aromatic rings. The van der Waals surface area contributed by atoms with Gasteiger partial charge in [0.15, 0.2) is 0 Å². The lowest BCUT2D eigenvalue weighted by Crippen LogP contribution is -2.36. The van der Waals surface area contributed by atoms with E-state index in [9.17, 15) is 4.79 Å². The van der Waals surface area contributed by atoms with E-state index in [-0.39, 0.29) is 12.1 Å². The van der Waals surface area contributed by atoms with Crippen molar-refractivity contribution in [3.63, 3.8) is 0 Å². The predicted molar refractivity (Wildman–Crippen MR) is 70.1 cm³/mol. The molecule has 18 heavy (non-hydrogen) atoms. The van der Waals surface area contributed by atoms with Crippen LogP contribution in [0.15, 0.2) is 24.3 Å². The Hall–Kier alpha value is -2.02. The second-order valence-corrected chi connectivity index (χ2v) is 4.91. The molecular formula is C14H17N3O. The Morgan fingerprint density at radius 1 is 1.44 bits per heavy atom. The van der Waals surface area contributed by atoms with Gasteiger partial charge in [0.25, 0.3) is 0 Å². The summed E-state index contributed by atoms with van der Waals surface area (Å²) in [4.78, 5) is 11.8. The molecule has 0 aliphatic heterocycles. The molecule has 1 fully saturated rings. The van der Waals surface area contributed by atoms with E-state index in [1.165, 1.54) is 6.42 Å². The summed E-state index contributed by atoms with van der Waals surface area (Å²) in [6, 6.07) is 9.04. The minimum atomic E-state index is -0.191. The van der Waals surface area contributed by atoms with Crippen LogP contribution in [-0.2, 0) is 0 Å². The summed E-state index contributed by atoms with van der Waals surface area (Å²) in [6.45, 7) is 2.20. The zero-order valence-corrected chi connectivity index (χ0v) is 10.4. The molecule has 0 radical (unpaired) electrons. The van der Waals surface area contributed by atoms with E-state index >= 15 is 0 Å². The monoisotopic (exact) mass is 243 g/mol. The van der Waals surface area contributed by atoms with Crippen LogP contribution >= 0.6 is 0 Å². The standard InChI is InChI=1S/C14H17N3O/c1-10-5-6-13(7-10)17-14(18)16-12-4-2-3-11(8-12)9-15/h2-4,8,10,13H,5-7H2,1H3,(H2,16,17,18). The summed E-state index contributed by atoms with van der Waals surface area (Å²) in [7, 11) is 0. The number of hydrogen-bond acceptors (Lipinski definition) is 2. The van der Waals surface area contributed by atoms with E-state index in [1.807, 2.05) is 6.07 Å². The van der Waals surface area contributed by atoms with Crippen molar-refractivity contribution in [3.8, 4) is 6.07 Å². The van der Waals surface area contributed by atoms with E-state index in [0.717, 1.165) is 12.8 Å². The first-order chi connectivity index (χ1) is 8.67. The number of nitrogens with zero attached hydrogens (tertiary/aromatic N) is 1. The van der Waals surface area contributed by atoms with Crippen molar-refractivity contribution in [1.82, 2.24) is 5.32 Å². The van der Waals surface area contributed by atoms with Gasteiger partial charge in [-0.25, -0.2) is 4.79 Å². The zero-order chi connectivity index (χ0) is 13.0. The number of urea groups is 1. The second kappa shape index (κ2) is 5.54. The van der Waals surface area contributed by atoms with Crippen molar-refractivity contribution in [2.24, 2.45) is 5.92 Å². The van der Waals surface area contributed by atoms with Crippen molar-refractivity contribution in [1.29, 1.82) is 5.26 Å². The fourth-order valence-electron chi connectivity index (χ4n) is 2.36. The highest BCUT2D eigenvalue weighted by atomic mass is 16.2. The van der Waals surface area contributed by atoms with E-state index in [0.29, 0.717) is 17.2 Å². The number of hydrogen-bond donors (Lipinski definition) is 2. The molecule has 2 unspecified atom stereocenters. The zero-order valence-electron chi connectivity index (χ0n) is 10.4. The van der Waals surface area contributed by atoms with Gasteiger partial charge >= 0.3 is 6.03 Å². The van der Waals surface area contributed by atoms with Gasteiger partial charge in [0.1, 0.15) is 0 Å². The number of carbonyl (C=O) groups excluding carboxylic acids is 1. The number of anilines is 1. The molecule has 0 saturated heterocycles. The summed E-state index contributed by atoms with van der Waals surface area (Å²) in [5.74, 6) is 0.692. The van der Waals surface area contributed by atoms with E-state index in [1.54, 1.807) is 24.3 Å². The van der Waals surface area contributed by atoms with Crippen LogP contribution in [0.3, 0.4) is 0 Å². The van der Waals surface area contributed by atoms with Crippen LogP contribution in [0.2, 0.25) is 0 Å². The molecule has 1 aromatic carbocycles. The van der Waals surface area contributed by atoms with Crippen LogP contribution in [0, 0.1) is 17.2 Å². The third-order valence-electron chi connectivity index (χ3n) is 3.28. The summed E-state index contributed by atoms with van der Waals surface area (Å²) in [5.41, 5.74) is 1.19. The van der Waals surface area contributed by atoms with Crippen molar-refractivity contribution < 1.29 is 4.79 Å². The normalized spacial score (nSPS) is 22.2. The first-order valence-corrected chi connectivity index (χ1v) is 6.25. The quantitative estimate of drug-likeness (QED) is 0.838. The average molecular weight is 243 g/mol. The van der Waals surface area contributed by atoms with Gasteiger partial charge in [0.05, 0.1) is 11.6 Å². The summed E-state index contributed by atoms with van der Waals surface area (Å²) in [5, 5.41) is 14.5. The van der Waals surface area contributed by atoms with Crippen molar-refractivity contribution in [2.45, 2.75) is 32.2 Å². The lowest BCUT2D eigenvalue weighted by atomic mass is 10.1. The molecule has 94 valence electrons. The molecular weight excluding hydrogens is 226 g/mol. The molecule has 1 aliphatic rings. The van der Waals surface area contributed by atoms with Crippen LogP contribution in [0.1, 0.15) is 31.7 Å². The smallest absolute Gasteiger partial charge is 0.319 e. The van der Waals surface area contributed by atoms with Crippen LogP contribution < -0.4 is 10.6 Å². The number of carbonyl (C=O) groups is 1. The highest BCUT2D eigenvalue weighted by molar-refractivity contribution is 5.89. The topological polar surface area (TPSA) is 64.9 Å². The van der Waals surface area contributed by atoms with Gasteiger partial charge in [-0.15, -0.1) is 0 Å². The maximum absolute atomic E-state index is 11.8. The maximum atomic E-state index is 11.8. The summed E-state index contributed by atoms with van der Waals surface area (Å²) < 4.78 is 0. The van der Waals surface area contributed by atoms with Gasteiger partial charge in [-0.2, -0.15) is 5.26 Å². The van der Waals surface area contributed by atoms with E-state index in [2.05, 4.69) is 17.6 Å². The largest absolute Gasteiger partial charge is 0.335 e. The van der Waals surface area contributed by atoms with Crippen LogP contribution in [-0.4, -0.2) is 12.1 Å². The third-order valence-corrected chi connectivity index (χ3v) is 3.28. The first-order valence-electron chi connectivity index (χ1n) is 6.25. The number of nitrogens with one attached hydrogen (secondary N) is 2. The average Bonchev–Trinajstić information content (AvgIpc) is 2.74. The molecule has 2 rings (SSSR count). The van der Waals surface area contributed by atoms with E-state index < -0.39 is 0 Å². The fraction of sp³-hybridized carbons (Fsp3) is 0.429. The van der Waals surface area contributed by atoms with Crippen LogP contribution in [0.4, 0.5) is 10.5 Å². The molecule has 0 heterocycles. The number of amides is 2. The Balaban J connectivity index is 1.89. The molecule has 0 spiro atoms. The molecule has 2 amide bonds. The summed E-state index contributed by atoms with van der Waals surface area (Å²) >= 11 is 0. The Morgan fingerprint density at radius 3 is 2.94 bits per heavy atom. The minimum Gasteiger partial charge on any atom is -0.335 e. The maximum Gasteiger partial charge on any atom is 0.319 e. The SMILES string of the molecule is CC1CCC(NC(=O)Nc2cccc(C#N)c2)C1. The van der Waals surface area contributed by atoms with Gasteiger partial charge in [-0.05, 0) is 43.4 Å². The van der Waals surface area contributed by atoms with E-state index in [4.69, 9.17) is 5.26 Å². The van der Waals surface area contributed by atoms with Crippen molar-refractivity contribution in [2.75, 3.05) is 5.32 Å². The van der Waals surface area contributed by atoms with Gasteiger partial charge in [-0.1, -0.05) is 13.0 Å². The molecule has 2 N–H and O–H groups in total.